The Labute approximate surface area is 86.1 Å². The molecule has 0 amide bonds. The number of carboxylic acid groups (broad SMARTS) is 1. The molecule has 0 aromatic carbocycles. The fraction of sp³-hybridized carbons (Fsp3) is 0.909. The number of hydrogen-bond donors (Lipinski definition) is 1. The molecule has 0 aromatic rings. The monoisotopic (exact) mass is 199 g/mol. The molecule has 0 aliphatic carbocycles. The van der Waals surface area contributed by atoms with Crippen molar-refractivity contribution in [1.82, 2.24) is 4.90 Å². The molecular formula is C11H21NO2. The number of rotatable bonds is 4. The highest BCUT2D eigenvalue weighted by Gasteiger charge is 2.38. The first-order valence-corrected chi connectivity index (χ1v) is 5.58. The van der Waals surface area contributed by atoms with E-state index in [1.165, 1.54) is 0 Å². The average molecular weight is 199 g/mol. The Morgan fingerprint density at radius 2 is 2.14 bits per heavy atom. The molecule has 3 nitrogen and oxygen atoms in total. The lowest BCUT2D eigenvalue weighted by molar-refractivity contribution is -0.143. The third-order valence-corrected chi connectivity index (χ3v) is 3.06. The van der Waals surface area contributed by atoms with Crippen molar-refractivity contribution >= 4 is 5.97 Å². The first-order chi connectivity index (χ1) is 6.57. The second-order valence-electron chi connectivity index (χ2n) is 4.41. The largest absolute Gasteiger partial charge is 0.480 e. The first-order valence-electron chi connectivity index (χ1n) is 5.58. The summed E-state index contributed by atoms with van der Waals surface area (Å²) in [6.45, 7) is 6.33. The van der Waals surface area contributed by atoms with Gasteiger partial charge in [0, 0.05) is 12.1 Å². The zero-order valence-corrected chi connectivity index (χ0v) is 9.36. The van der Waals surface area contributed by atoms with Crippen LogP contribution in [0.5, 0.6) is 0 Å². The molecule has 1 heterocycles. The third kappa shape index (κ3) is 2.27. The summed E-state index contributed by atoms with van der Waals surface area (Å²) in [6, 6.07) is 0.586. The van der Waals surface area contributed by atoms with Crippen molar-refractivity contribution in [1.29, 1.82) is 0 Å². The van der Waals surface area contributed by atoms with E-state index in [0.717, 1.165) is 25.7 Å². The summed E-state index contributed by atoms with van der Waals surface area (Å²) in [5.41, 5.74) is 0. The number of carbonyl (C=O) groups is 1. The van der Waals surface area contributed by atoms with Crippen LogP contribution in [0, 0.1) is 0 Å². The normalized spacial score (nSPS) is 28.6. The standard InChI is InChI=1S/C11H21NO2/c1-4-5-9-6-7-10(11(13)14)12(9)8(2)3/h8-10H,4-7H2,1-3H3,(H,13,14)/t9-,10+/m1/s1. The zero-order chi connectivity index (χ0) is 10.7. The molecule has 3 heteroatoms. The molecule has 2 atom stereocenters. The number of carboxylic acids is 1. The van der Waals surface area contributed by atoms with Gasteiger partial charge in [-0.15, -0.1) is 0 Å². The molecule has 0 unspecified atom stereocenters. The van der Waals surface area contributed by atoms with Gasteiger partial charge in [-0.05, 0) is 33.1 Å². The van der Waals surface area contributed by atoms with E-state index >= 15 is 0 Å². The van der Waals surface area contributed by atoms with Crippen molar-refractivity contribution in [2.75, 3.05) is 0 Å². The molecule has 1 fully saturated rings. The Hall–Kier alpha value is -0.570. The summed E-state index contributed by atoms with van der Waals surface area (Å²) >= 11 is 0. The second kappa shape index (κ2) is 4.78. The van der Waals surface area contributed by atoms with Gasteiger partial charge >= 0.3 is 5.97 Å². The fourth-order valence-electron chi connectivity index (χ4n) is 2.56. The zero-order valence-electron chi connectivity index (χ0n) is 9.36. The van der Waals surface area contributed by atoms with Gasteiger partial charge in [-0.1, -0.05) is 13.3 Å². The molecule has 82 valence electrons. The van der Waals surface area contributed by atoms with E-state index < -0.39 is 5.97 Å². The van der Waals surface area contributed by atoms with E-state index in [-0.39, 0.29) is 6.04 Å². The van der Waals surface area contributed by atoms with Gasteiger partial charge in [-0.2, -0.15) is 0 Å². The summed E-state index contributed by atoms with van der Waals surface area (Å²) < 4.78 is 0. The van der Waals surface area contributed by atoms with Crippen molar-refractivity contribution in [3.05, 3.63) is 0 Å². The van der Waals surface area contributed by atoms with Crippen LogP contribution in [0.3, 0.4) is 0 Å². The lowest BCUT2D eigenvalue weighted by Crippen LogP contribution is -2.45. The van der Waals surface area contributed by atoms with Crippen molar-refractivity contribution in [3.8, 4) is 0 Å². The van der Waals surface area contributed by atoms with Crippen molar-refractivity contribution < 1.29 is 9.90 Å². The number of nitrogens with zero attached hydrogens (tertiary/aromatic N) is 1. The van der Waals surface area contributed by atoms with Gasteiger partial charge in [0.25, 0.3) is 0 Å². The van der Waals surface area contributed by atoms with Gasteiger partial charge in [0.2, 0.25) is 0 Å². The van der Waals surface area contributed by atoms with Gasteiger partial charge in [-0.3, -0.25) is 9.69 Å². The average Bonchev–Trinajstić information content (AvgIpc) is 2.48. The molecule has 0 bridgehead atoms. The topological polar surface area (TPSA) is 40.5 Å². The number of aliphatic carboxylic acids is 1. The maximum Gasteiger partial charge on any atom is 0.320 e. The van der Waals surface area contributed by atoms with E-state index in [1.54, 1.807) is 0 Å². The molecule has 1 N–H and O–H groups in total. The van der Waals surface area contributed by atoms with Crippen LogP contribution in [-0.4, -0.2) is 34.1 Å². The smallest absolute Gasteiger partial charge is 0.320 e. The van der Waals surface area contributed by atoms with Crippen LogP contribution in [0.15, 0.2) is 0 Å². The fourth-order valence-corrected chi connectivity index (χ4v) is 2.56. The number of hydrogen-bond acceptors (Lipinski definition) is 2. The number of likely N-dealkylation sites (tertiary alicyclic amines) is 1. The van der Waals surface area contributed by atoms with Gasteiger partial charge in [0.1, 0.15) is 6.04 Å². The quantitative estimate of drug-likeness (QED) is 0.754. The lowest BCUT2D eigenvalue weighted by Gasteiger charge is -2.31. The van der Waals surface area contributed by atoms with Crippen molar-refractivity contribution in [2.24, 2.45) is 0 Å². The minimum absolute atomic E-state index is 0.244. The lowest BCUT2D eigenvalue weighted by atomic mass is 10.1. The van der Waals surface area contributed by atoms with Crippen LogP contribution in [0.25, 0.3) is 0 Å². The first kappa shape index (κ1) is 11.5. The van der Waals surface area contributed by atoms with E-state index in [1.807, 2.05) is 0 Å². The van der Waals surface area contributed by atoms with Crippen LogP contribution in [-0.2, 0) is 4.79 Å². The molecule has 1 rings (SSSR count). The molecule has 1 aliphatic heterocycles. The summed E-state index contributed by atoms with van der Waals surface area (Å²) in [5.74, 6) is -0.655. The highest BCUT2D eigenvalue weighted by atomic mass is 16.4. The molecule has 14 heavy (non-hydrogen) atoms. The maximum atomic E-state index is 11.0. The minimum atomic E-state index is -0.655. The Morgan fingerprint density at radius 1 is 1.50 bits per heavy atom. The molecule has 1 aliphatic rings. The Kier molecular flexibility index (Phi) is 3.93. The molecule has 1 saturated heterocycles. The Balaban J connectivity index is 2.69. The second-order valence-corrected chi connectivity index (χ2v) is 4.41. The van der Waals surface area contributed by atoms with E-state index in [0.29, 0.717) is 12.1 Å². The van der Waals surface area contributed by atoms with Gasteiger partial charge in [0.15, 0.2) is 0 Å². The van der Waals surface area contributed by atoms with Gasteiger partial charge in [0.05, 0.1) is 0 Å². The summed E-state index contributed by atoms with van der Waals surface area (Å²) in [7, 11) is 0. The van der Waals surface area contributed by atoms with Crippen LogP contribution >= 0.6 is 0 Å². The minimum Gasteiger partial charge on any atom is -0.480 e. The van der Waals surface area contributed by atoms with Gasteiger partial charge < -0.3 is 5.11 Å². The Morgan fingerprint density at radius 3 is 2.57 bits per heavy atom. The summed E-state index contributed by atoms with van der Waals surface area (Å²) in [4.78, 5) is 13.2. The summed E-state index contributed by atoms with van der Waals surface area (Å²) in [6.07, 6.45) is 4.13. The van der Waals surface area contributed by atoms with Crippen LogP contribution in [0.2, 0.25) is 0 Å². The SMILES string of the molecule is CCC[C@@H]1CC[C@@H](C(=O)O)N1C(C)C. The van der Waals surface area contributed by atoms with Crippen molar-refractivity contribution in [2.45, 2.75) is 64.6 Å². The van der Waals surface area contributed by atoms with Gasteiger partial charge in [-0.25, -0.2) is 0 Å². The van der Waals surface area contributed by atoms with Crippen LogP contribution in [0.1, 0.15) is 46.5 Å². The van der Waals surface area contributed by atoms with E-state index in [2.05, 4.69) is 25.7 Å². The van der Waals surface area contributed by atoms with Crippen LogP contribution in [0.4, 0.5) is 0 Å². The molecular weight excluding hydrogens is 178 g/mol. The van der Waals surface area contributed by atoms with E-state index in [4.69, 9.17) is 5.11 Å². The predicted molar refractivity (Wildman–Crippen MR) is 56.3 cm³/mol. The predicted octanol–water partition coefficient (Wildman–Crippen LogP) is 2.11. The molecule has 0 saturated carbocycles. The molecule has 0 aromatic heterocycles. The van der Waals surface area contributed by atoms with Crippen LogP contribution < -0.4 is 0 Å². The highest BCUT2D eigenvalue weighted by Crippen LogP contribution is 2.29. The summed E-state index contributed by atoms with van der Waals surface area (Å²) in [5, 5.41) is 9.08. The Bertz CT molecular complexity index is 203. The molecule has 0 radical (unpaired) electrons. The van der Waals surface area contributed by atoms with Crippen molar-refractivity contribution in [3.63, 3.8) is 0 Å². The molecule has 0 spiro atoms. The highest BCUT2D eigenvalue weighted by molar-refractivity contribution is 5.74. The third-order valence-electron chi connectivity index (χ3n) is 3.06. The van der Waals surface area contributed by atoms with E-state index in [9.17, 15) is 4.79 Å². The maximum absolute atomic E-state index is 11.0.